The Morgan fingerprint density at radius 3 is 2.83 bits per heavy atom. The highest BCUT2D eigenvalue weighted by Crippen LogP contribution is 2.21. The zero-order valence-electron chi connectivity index (χ0n) is 15.2. The van der Waals surface area contributed by atoms with E-state index in [1.165, 1.54) is 12.2 Å². The Morgan fingerprint density at radius 2 is 2.17 bits per heavy atom. The Kier molecular flexibility index (Phi) is 14.8. The van der Waals surface area contributed by atoms with Crippen molar-refractivity contribution >= 4 is 41.7 Å². The van der Waals surface area contributed by atoms with Crippen LogP contribution in [0.5, 0.6) is 0 Å². The van der Waals surface area contributed by atoms with Crippen LogP contribution in [0.2, 0.25) is 0 Å². The smallest absolute Gasteiger partial charge is 0.193 e. The highest BCUT2D eigenvalue weighted by atomic mass is 127. The lowest BCUT2D eigenvalue weighted by Gasteiger charge is -2.34. The number of hydrogen-bond donors (Lipinski definition) is 1. The van der Waals surface area contributed by atoms with E-state index < -0.39 is 0 Å². The number of thioether (sulfide) groups is 1. The van der Waals surface area contributed by atoms with Crippen LogP contribution in [0.3, 0.4) is 0 Å². The number of hydrogen-bond acceptors (Lipinski definition) is 4. The first-order valence-electron chi connectivity index (χ1n) is 8.53. The van der Waals surface area contributed by atoms with Crippen molar-refractivity contribution in [2.75, 3.05) is 65.8 Å². The molecule has 1 aliphatic heterocycles. The Bertz CT molecular complexity index is 320. The summed E-state index contributed by atoms with van der Waals surface area (Å²) in [7, 11) is 3.89. The SMILES string of the molecule is CCNC(=NCCCN(C)CCOC)N1CCSC(CC)C1.I. The largest absolute Gasteiger partial charge is 0.383 e. The van der Waals surface area contributed by atoms with E-state index in [-0.39, 0.29) is 24.0 Å². The first-order valence-corrected chi connectivity index (χ1v) is 9.58. The second kappa shape index (κ2) is 14.6. The highest BCUT2D eigenvalue weighted by Gasteiger charge is 2.21. The van der Waals surface area contributed by atoms with Crippen LogP contribution in [-0.4, -0.2) is 86.8 Å². The lowest BCUT2D eigenvalue weighted by Crippen LogP contribution is -2.48. The fourth-order valence-electron chi connectivity index (χ4n) is 2.47. The van der Waals surface area contributed by atoms with Crippen molar-refractivity contribution in [1.29, 1.82) is 0 Å². The predicted octanol–water partition coefficient (Wildman–Crippen LogP) is 2.37. The fraction of sp³-hybridized carbons (Fsp3) is 0.938. The minimum Gasteiger partial charge on any atom is -0.383 e. The van der Waals surface area contributed by atoms with Gasteiger partial charge in [-0.2, -0.15) is 11.8 Å². The maximum absolute atomic E-state index is 5.10. The Hall–Kier alpha value is 0.270. The molecule has 0 aromatic carbocycles. The second-order valence-electron chi connectivity index (χ2n) is 5.73. The summed E-state index contributed by atoms with van der Waals surface area (Å²) in [6.45, 7) is 11.3. The van der Waals surface area contributed by atoms with Crippen molar-refractivity contribution < 1.29 is 4.74 Å². The summed E-state index contributed by atoms with van der Waals surface area (Å²) in [5, 5.41) is 4.20. The molecule has 1 rings (SSSR count). The lowest BCUT2D eigenvalue weighted by molar-refractivity contribution is 0.161. The normalized spacial score (nSPS) is 18.9. The zero-order valence-corrected chi connectivity index (χ0v) is 18.4. The number of aliphatic imine (C=N–C) groups is 1. The minimum atomic E-state index is 0. The topological polar surface area (TPSA) is 40.1 Å². The molecule has 5 nitrogen and oxygen atoms in total. The van der Waals surface area contributed by atoms with Gasteiger partial charge in [0, 0.05) is 50.8 Å². The van der Waals surface area contributed by atoms with E-state index in [1.54, 1.807) is 7.11 Å². The number of rotatable bonds is 9. The molecule has 7 heteroatoms. The lowest BCUT2D eigenvalue weighted by atomic mass is 10.3. The van der Waals surface area contributed by atoms with Gasteiger partial charge < -0.3 is 19.9 Å². The van der Waals surface area contributed by atoms with Crippen molar-refractivity contribution in [3.05, 3.63) is 0 Å². The molecule has 0 aromatic rings. The van der Waals surface area contributed by atoms with Crippen LogP contribution >= 0.6 is 35.7 Å². The van der Waals surface area contributed by atoms with E-state index in [4.69, 9.17) is 9.73 Å². The highest BCUT2D eigenvalue weighted by molar-refractivity contribution is 14.0. The van der Waals surface area contributed by atoms with Crippen LogP contribution in [0.4, 0.5) is 0 Å². The van der Waals surface area contributed by atoms with Gasteiger partial charge in [0.05, 0.1) is 6.61 Å². The molecule has 1 heterocycles. The number of halogens is 1. The fourth-order valence-corrected chi connectivity index (χ4v) is 3.65. The molecule has 1 aliphatic rings. The van der Waals surface area contributed by atoms with E-state index >= 15 is 0 Å². The van der Waals surface area contributed by atoms with Gasteiger partial charge in [-0.15, -0.1) is 24.0 Å². The van der Waals surface area contributed by atoms with Crippen molar-refractivity contribution in [2.24, 2.45) is 4.99 Å². The van der Waals surface area contributed by atoms with Gasteiger partial charge in [0.25, 0.3) is 0 Å². The van der Waals surface area contributed by atoms with Gasteiger partial charge in [0.15, 0.2) is 5.96 Å². The van der Waals surface area contributed by atoms with Gasteiger partial charge in [0.2, 0.25) is 0 Å². The molecule has 0 amide bonds. The predicted molar refractivity (Wildman–Crippen MR) is 113 cm³/mol. The van der Waals surface area contributed by atoms with Crippen LogP contribution in [-0.2, 0) is 4.74 Å². The third-order valence-electron chi connectivity index (χ3n) is 3.87. The molecule has 1 unspecified atom stereocenters. The average molecular weight is 458 g/mol. The molecule has 0 spiro atoms. The van der Waals surface area contributed by atoms with E-state index in [0.29, 0.717) is 0 Å². The molecule has 23 heavy (non-hydrogen) atoms. The molecule has 0 aromatic heterocycles. The Labute approximate surface area is 164 Å². The van der Waals surface area contributed by atoms with E-state index in [2.05, 4.69) is 47.8 Å². The molecule has 1 saturated heterocycles. The van der Waals surface area contributed by atoms with Crippen LogP contribution < -0.4 is 5.32 Å². The van der Waals surface area contributed by atoms with Crippen LogP contribution in [0.1, 0.15) is 26.7 Å². The van der Waals surface area contributed by atoms with Crippen molar-refractivity contribution in [3.63, 3.8) is 0 Å². The first-order chi connectivity index (χ1) is 10.7. The van der Waals surface area contributed by atoms with Crippen molar-refractivity contribution in [1.82, 2.24) is 15.1 Å². The summed E-state index contributed by atoms with van der Waals surface area (Å²) >= 11 is 2.10. The molecule has 1 fully saturated rings. The minimum absolute atomic E-state index is 0. The molecule has 0 aliphatic carbocycles. The van der Waals surface area contributed by atoms with E-state index in [1.807, 2.05) is 0 Å². The standard InChI is InChI=1S/C16H34N4OS.HI/c1-5-15-14-20(11-13-22-15)16(17-6-2)18-8-7-9-19(3)10-12-21-4;/h15H,5-14H2,1-4H3,(H,17,18);1H. The van der Waals surface area contributed by atoms with Gasteiger partial charge in [-0.1, -0.05) is 6.92 Å². The second-order valence-corrected chi connectivity index (χ2v) is 7.14. The van der Waals surface area contributed by atoms with Gasteiger partial charge in [-0.05, 0) is 33.4 Å². The number of nitrogens with one attached hydrogen (secondary N) is 1. The van der Waals surface area contributed by atoms with Gasteiger partial charge in [0.1, 0.15) is 0 Å². The Morgan fingerprint density at radius 1 is 1.39 bits per heavy atom. The van der Waals surface area contributed by atoms with Gasteiger partial charge in [-0.3, -0.25) is 4.99 Å². The number of likely N-dealkylation sites (N-methyl/N-ethyl adjacent to an activating group) is 1. The summed E-state index contributed by atoms with van der Waals surface area (Å²) < 4.78 is 5.10. The summed E-state index contributed by atoms with van der Waals surface area (Å²) in [5.41, 5.74) is 0. The third kappa shape index (κ3) is 9.99. The molecule has 0 saturated carbocycles. The van der Waals surface area contributed by atoms with E-state index in [0.717, 1.165) is 63.5 Å². The molecule has 0 radical (unpaired) electrons. The maximum Gasteiger partial charge on any atom is 0.193 e. The molecular weight excluding hydrogens is 423 g/mol. The van der Waals surface area contributed by atoms with Crippen LogP contribution in [0.25, 0.3) is 0 Å². The number of guanidine groups is 1. The molecule has 1 atom stereocenters. The summed E-state index contributed by atoms with van der Waals surface area (Å²) in [5.74, 6) is 2.31. The molecule has 1 N–H and O–H groups in total. The Balaban J connectivity index is 0.00000484. The van der Waals surface area contributed by atoms with Crippen LogP contribution in [0.15, 0.2) is 4.99 Å². The third-order valence-corrected chi connectivity index (χ3v) is 5.24. The molecule has 0 bridgehead atoms. The maximum atomic E-state index is 5.10. The molecular formula is C16H35IN4OS. The first kappa shape index (κ1) is 23.3. The summed E-state index contributed by atoms with van der Waals surface area (Å²) in [6, 6.07) is 0. The zero-order chi connectivity index (χ0) is 16.2. The van der Waals surface area contributed by atoms with Crippen LogP contribution in [0, 0.1) is 0 Å². The van der Waals surface area contributed by atoms with Crippen molar-refractivity contribution in [2.45, 2.75) is 31.9 Å². The number of nitrogens with zero attached hydrogens (tertiary/aromatic N) is 3. The average Bonchev–Trinajstić information content (AvgIpc) is 2.55. The summed E-state index contributed by atoms with van der Waals surface area (Å²) in [6.07, 6.45) is 2.33. The van der Waals surface area contributed by atoms with Gasteiger partial charge in [-0.25, -0.2) is 0 Å². The van der Waals surface area contributed by atoms with Gasteiger partial charge >= 0.3 is 0 Å². The van der Waals surface area contributed by atoms with E-state index in [9.17, 15) is 0 Å². The molecule has 138 valence electrons. The van der Waals surface area contributed by atoms with Crippen molar-refractivity contribution in [3.8, 4) is 0 Å². The number of methoxy groups -OCH3 is 1. The monoisotopic (exact) mass is 458 g/mol. The number of ether oxygens (including phenoxy) is 1. The quantitative estimate of drug-likeness (QED) is 0.249. The summed E-state index contributed by atoms with van der Waals surface area (Å²) in [4.78, 5) is 9.56.